The van der Waals surface area contributed by atoms with Gasteiger partial charge in [-0.1, -0.05) is 0 Å². The van der Waals surface area contributed by atoms with Gasteiger partial charge < -0.3 is 9.52 Å². The van der Waals surface area contributed by atoms with Gasteiger partial charge in [0.2, 0.25) is 0 Å². The standard InChI is InChI=1S/C6H5F2NO4/c7-6(8)5(10)3-1-2-4(13-3)9(11)12/h1-2,5-6,10H. The Labute approximate surface area is 70.7 Å². The molecule has 1 heterocycles. The fourth-order valence-corrected chi connectivity index (χ4v) is 0.723. The summed E-state index contributed by atoms with van der Waals surface area (Å²) >= 11 is 0. The van der Waals surface area contributed by atoms with Crippen molar-refractivity contribution in [1.82, 2.24) is 0 Å². The zero-order valence-electron chi connectivity index (χ0n) is 6.18. The minimum atomic E-state index is -3.02. The third kappa shape index (κ3) is 2.00. The molecular weight excluding hydrogens is 188 g/mol. The number of hydrogen-bond acceptors (Lipinski definition) is 4. The van der Waals surface area contributed by atoms with Crippen LogP contribution >= 0.6 is 0 Å². The lowest BCUT2D eigenvalue weighted by Gasteiger charge is -2.03. The largest absolute Gasteiger partial charge is 0.433 e. The first kappa shape index (κ1) is 9.59. The molecule has 0 aliphatic rings. The van der Waals surface area contributed by atoms with E-state index in [4.69, 9.17) is 5.11 Å². The lowest BCUT2D eigenvalue weighted by Crippen LogP contribution is -2.06. The Morgan fingerprint density at radius 1 is 1.54 bits per heavy atom. The van der Waals surface area contributed by atoms with Crippen molar-refractivity contribution < 1.29 is 23.2 Å². The summed E-state index contributed by atoms with van der Waals surface area (Å²) in [4.78, 5) is 9.18. The van der Waals surface area contributed by atoms with E-state index in [1.807, 2.05) is 0 Å². The van der Waals surface area contributed by atoms with Crippen LogP contribution in [0.3, 0.4) is 0 Å². The van der Waals surface area contributed by atoms with Crippen molar-refractivity contribution in [2.45, 2.75) is 12.5 Å². The minimum Gasteiger partial charge on any atom is -0.403 e. The van der Waals surface area contributed by atoms with Crippen LogP contribution in [0.15, 0.2) is 16.5 Å². The summed E-state index contributed by atoms with van der Waals surface area (Å²) in [6, 6.07) is 1.84. The fourth-order valence-electron chi connectivity index (χ4n) is 0.723. The maximum absolute atomic E-state index is 11.8. The van der Waals surface area contributed by atoms with E-state index < -0.39 is 29.1 Å². The average Bonchev–Trinajstić information content (AvgIpc) is 2.50. The molecular formula is C6H5F2NO4. The van der Waals surface area contributed by atoms with Gasteiger partial charge in [-0.2, -0.15) is 0 Å². The molecule has 0 amide bonds. The van der Waals surface area contributed by atoms with Gasteiger partial charge >= 0.3 is 5.88 Å². The molecule has 1 aromatic rings. The van der Waals surface area contributed by atoms with Gasteiger partial charge in [-0.25, -0.2) is 8.78 Å². The summed E-state index contributed by atoms with van der Waals surface area (Å²) in [5.41, 5.74) is 0. The monoisotopic (exact) mass is 193 g/mol. The number of rotatable bonds is 3. The number of aliphatic hydroxyl groups excluding tert-OH is 1. The molecule has 0 radical (unpaired) electrons. The normalized spacial score (nSPS) is 13.2. The quantitative estimate of drug-likeness (QED) is 0.582. The Hall–Kier alpha value is -1.50. The summed E-state index contributed by atoms with van der Waals surface area (Å²) in [6.07, 6.45) is -5.14. The first-order valence-electron chi connectivity index (χ1n) is 3.22. The highest BCUT2D eigenvalue weighted by Crippen LogP contribution is 2.25. The third-order valence-corrected chi connectivity index (χ3v) is 1.32. The second-order valence-electron chi connectivity index (χ2n) is 2.21. The Morgan fingerprint density at radius 2 is 2.15 bits per heavy atom. The van der Waals surface area contributed by atoms with Crippen LogP contribution in [-0.4, -0.2) is 16.5 Å². The van der Waals surface area contributed by atoms with E-state index >= 15 is 0 Å². The molecule has 0 aliphatic carbocycles. The van der Waals surface area contributed by atoms with Crippen molar-refractivity contribution in [2.24, 2.45) is 0 Å². The number of hydrogen-bond donors (Lipinski definition) is 1. The van der Waals surface area contributed by atoms with E-state index in [0.717, 1.165) is 12.1 Å². The Morgan fingerprint density at radius 3 is 2.54 bits per heavy atom. The molecule has 5 nitrogen and oxygen atoms in total. The van der Waals surface area contributed by atoms with Crippen LogP contribution in [0.4, 0.5) is 14.7 Å². The molecule has 0 aromatic carbocycles. The first-order valence-corrected chi connectivity index (χ1v) is 3.22. The molecule has 1 unspecified atom stereocenters. The summed E-state index contributed by atoms with van der Waals surface area (Å²) in [5, 5.41) is 18.8. The molecule has 1 N–H and O–H groups in total. The molecule has 7 heteroatoms. The molecule has 1 atom stereocenters. The average molecular weight is 193 g/mol. The van der Waals surface area contributed by atoms with E-state index in [-0.39, 0.29) is 0 Å². The molecule has 1 aromatic heterocycles. The van der Waals surface area contributed by atoms with Gasteiger partial charge in [0, 0.05) is 0 Å². The van der Waals surface area contributed by atoms with Crippen molar-refractivity contribution in [3.63, 3.8) is 0 Å². The van der Waals surface area contributed by atoms with Crippen molar-refractivity contribution in [1.29, 1.82) is 0 Å². The number of alkyl halides is 2. The Bertz CT molecular complexity index is 311. The van der Waals surface area contributed by atoms with Crippen molar-refractivity contribution in [3.8, 4) is 0 Å². The third-order valence-electron chi connectivity index (χ3n) is 1.32. The summed E-state index contributed by atoms with van der Waals surface area (Å²) in [7, 11) is 0. The van der Waals surface area contributed by atoms with Crippen molar-refractivity contribution in [2.75, 3.05) is 0 Å². The second kappa shape index (κ2) is 3.48. The van der Waals surface area contributed by atoms with Gasteiger partial charge in [-0.05, 0) is 6.07 Å². The minimum absolute atomic E-state index is 0.512. The summed E-state index contributed by atoms with van der Waals surface area (Å²) in [6.45, 7) is 0. The number of aliphatic hydroxyl groups is 1. The molecule has 0 saturated heterocycles. The van der Waals surface area contributed by atoms with Gasteiger partial charge in [-0.15, -0.1) is 0 Å². The molecule has 1 rings (SSSR count). The zero-order valence-corrected chi connectivity index (χ0v) is 6.18. The van der Waals surface area contributed by atoms with E-state index in [2.05, 4.69) is 4.42 Å². The van der Waals surface area contributed by atoms with Crippen molar-refractivity contribution >= 4 is 5.88 Å². The smallest absolute Gasteiger partial charge is 0.403 e. The molecule has 13 heavy (non-hydrogen) atoms. The topological polar surface area (TPSA) is 76.5 Å². The summed E-state index contributed by atoms with van der Waals surface area (Å²) < 4.78 is 28.0. The maximum atomic E-state index is 11.8. The van der Waals surface area contributed by atoms with Crippen LogP contribution in [-0.2, 0) is 0 Å². The van der Waals surface area contributed by atoms with Crippen LogP contribution in [0.2, 0.25) is 0 Å². The van der Waals surface area contributed by atoms with E-state index in [0.29, 0.717) is 0 Å². The fraction of sp³-hybridized carbons (Fsp3) is 0.333. The highest BCUT2D eigenvalue weighted by Gasteiger charge is 2.24. The predicted molar refractivity (Wildman–Crippen MR) is 36.3 cm³/mol. The predicted octanol–water partition coefficient (Wildman–Crippen LogP) is 1.49. The molecule has 72 valence electrons. The van der Waals surface area contributed by atoms with Gasteiger partial charge in [0.15, 0.2) is 6.10 Å². The van der Waals surface area contributed by atoms with E-state index in [9.17, 15) is 18.9 Å². The van der Waals surface area contributed by atoms with Crippen LogP contribution < -0.4 is 0 Å². The van der Waals surface area contributed by atoms with Crippen LogP contribution in [0.25, 0.3) is 0 Å². The highest BCUT2D eigenvalue weighted by molar-refractivity contribution is 5.19. The maximum Gasteiger partial charge on any atom is 0.433 e. The lowest BCUT2D eigenvalue weighted by atomic mass is 10.3. The van der Waals surface area contributed by atoms with Gasteiger partial charge in [0.1, 0.15) is 10.7 Å². The SMILES string of the molecule is O=[N+]([O-])c1ccc(C(O)C(F)F)o1. The van der Waals surface area contributed by atoms with E-state index in [1.165, 1.54) is 0 Å². The number of nitrogens with zero attached hydrogens (tertiary/aromatic N) is 1. The molecule has 0 aliphatic heterocycles. The van der Waals surface area contributed by atoms with E-state index in [1.54, 1.807) is 0 Å². The lowest BCUT2D eigenvalue weighted by molar-refractivity contribution is -0.402. The van der Waals surface area contributed by atoms with Gasteiger partial charge in [0.05, 0.1) is 6.07 Å². The number of nitro groups is 1. The van der Waals surface area contributed by atoms with Crippen LogP contribution in [0.1, 0.15) is 11.9 Å². The van der Waals surface area contributed by atoms with Crippen LogP contribution in [0.5, 0.6) is 0 Å². The first-order chi connectivity index (χ1) is 6.02. The summed E-state index contributed by atoms with van der Waals surface area (Å²) in [5.74, 6) is -1.18. The van der Waals surface area contributed by atoms with Crippen LogP contribution in [0, 0.1) is 10.1 Å². The van der Waals surface area contributed by atoms with Crippen molar-refractivity contribution in [3.05, 3.63) is 28.0 Å². The second-order valence-corrected chi connectivity index (χ2v) is 2.21. The molecule has 0 spiro atoms. The highest BCUT2D eigenvalue weighted by atomic mass is 19.3. The van der Waals surface area contributed by atoms with Gasteiger partial charge in [-0.3, -0.25) is 10.1 Å². The number of furan rings is 1. The molecule has 0 saturated carbocycles. The Balaban J connectivity index is 2.85. The zero-order chi connectivity index (χ0) is 10.0. The number of halogens is 2. The molecule has 0 fully saturated rings. The Kier molecular flexibility index (Phi) is 2.57. The van der Waals surface area contributed by atoms with Gasteiger partial charge in [0.25, 0.3) is 6.43 Å². The molecule has 0 bridgehead atoms.